The number of aliphatic hydroxyl groups is 1. The molecular formula is C12H16FNO. The highest BCUT2D eigenvalue weighted by Gasteiger charge is 2.25. The minimum atomic E-state index is -0.171. The van der Waals surface area contributed by atoms with Crippen molar-refractivity contribution in [1.29, 1.82) is 0 Å². The van der Waals surface area contributed by atoms with E-state index in [4.69, 9.17) is 5.11 Å². The summed E-state index contributed by atoms with van der Waals surface area (Å²) < 4.78 is 13.0. The molecular weight excluding hydrogens is 193 g/mol. The largest absolute Gasteiger partial charge is 0.396 e. The Hall–Kier alpha value is -0.930. The van der Waals surface area contributed by atoms with Gasteiger partial charge in [0, 0.05) is 32.2 Å². The number of aryl methyl sites for hydroxylation is 1. The van der Waals surface area contributed by atoms with Gasteiger partial charge in [-0.2, -0.15) is 0 Å². The molecule has 1 fully saturated rings. The van der Waals surface area contributed by atoms with Crippen LogP contribution in [-0.2, 0) is 6.54 Å². The molecule has 1 aliphatic rings. The highest BCUT2D eigenvalue weighted by Crippen LogP contribution is 2.20. The van der Waals surface area contributed by atoms with Crippen LogP contribution in [0.2, 0.25) is 0 Å². The number of benzene rings is 1. The second-order valence-corrected chi connectivity index (χ2v) is 4.31. The summed E-state index contributed by atoms with van der Waals surface area (Å²) in [6, 6.07) is 4.90. The number of likely N-dealkylation sites (tertiary alicyclic amines) is 1. The molecule has 1 saturated heterocycles. The third-order valence-electron chi connectivity index (χ3n) is 3.00. The summed E-state index contributed by atoms with van der Waals surface area (Å²) in [5, 5.41) is 8.88. The first kappa shape index (κ1) is 10.6. The molecule has 0 aromatic heterocycles. The van der Waals surface area contributed by atoms with Crippen LogP contribution in [0.4, 0.5) is 4.39 Å². The fourth-order valence-corrected chi connectivity index (χ4v) is 1.97. The van der Waals surface area contributed by atoms with Gasteiger partial charge in [-0.25, -0.2) is 4.39 Å². The SMILES string of the molecule is Cc1ccc(F)cc1CN1CC(CO)C1. The average molecular weight is 209 g/mol. The van der Waals surface area contributed by atoms with E-state index in [9.17, 15) is 4.39 Å². The van der Waals surface area contributed by atoms with Crippen LogP contribution in [0.5, 0.6) is 0 Å². The molecule has 2 rings (SSSR count). The summed E-state index contributed by atoms with van der Waals surface area (Å²) in [7, 11) is 0. The van der Waals surface area contributed by atoms with E-state index in [0.717, 1.165) is 30.8 Å². The first-order valence-corrected chi connectivity index (χ1v) is 5.27. The van der Waals surface area contributed by atoms with Crippen molar-refractivity contribution in [3.63, 3.8) is 0 Å². The molecule has 1 aromatic carbocycles. The van der Waals surface area contributed by atoms with Crippen molar-refractivity contribution in [2.45, 2.75) is 13.5 Å². The van der Waals surface area contributed by atoms with E-state index in [-0.39, 0.29) is 12.4 Å². The molecule has 1 aliphatic heterocycles. The lowest BCUT2D eigenvalue weighted by Crippen LogP contribution is -2.47. The third kappa shape index (κ3) is 2.36. The molecule has 0 spiro atoms. The van der Waals surface area contributed by atoms with E-state index in [1.54, 1.807) is 6.07 Å². The number of aliphatic hydroxyl groups excluding tert-OH is 1. The highest BCUT2D eigenvalue weighted by molar-refractivity contribution is 5.26. The third-order valence-corrected chi connectivity index (χ3v) is 3.00. The Morgan fingerprint density at radius 1 is 1.47 bits per heavy atom. The first-order valence-electron chi connectivity index (χ1n) is 5.27. The number of nitrogens with zero attached hydrogens (tertiary/aromatic N) is 1. The smallest absolute Gasteiger partial charge is 0.123 e. The summed E-state index contributed by atoms with van der Waals surface area (Å²) in [4.78, 5) is 2.22. The fraction of sp³-hybridized carbons (Fsp3) is 0.500. The predicted octanol–water partition coefficient (Wildman–Crippen LogP) is 1.56. The zero-order chi connectivity index (χ0) is 10.8. The van der Waals surface area contributed by atoms with Gasteiger partial charge in [-0.3, -0.25) is 4.90 Å². The van der Waals surface area contributed by atoms with Crippen molar-refractivity contribution in [2.24, 2.45) is 5.92 Å². The van der Waals surface area contributed by atoms with E-state index in [0.29, 0.717) is 5.92 Å². The Morgan fingerprint density at radius 2 is 2.20 bits per heavy atom. The molecule has 0 atom stereocenters. The van der Waals surface area contributed by atoms with Gasteiger partial charge in [-0.1, -0.05) is 6.07 Å². The maximum Gasteiger partial charge on any atom is 0.123 e. The van der Waals surface area contributed by atoms with E-state index in [1.165, 1.54) is 6.07 Å². The van der Waals surface area contributed by atoms with Gasteiger partial charge in [-0.15, -0.1) is 0 Å². The van der Waals surface area contributed by atoms with E-state index in [2.05, 4.69) is 4.90 Å². The number of hydrogen-bond acceptors (Lipinski definition) is 2. The maximum atomic E-state index is 13.0. The normalized spacial score (nSPS) is 17.8. The van der Waals surface area contributed by atoms with E-state index in [1.807, 2.05) is 13.0 Å². The van der Waals surface area contributed by atoms with Crippen molar-refractivity contribution in [2.75, 3.05) is 19.7 Å². The van der Waals surface area contributed by atoms with Gasteiger partial charge >= 0.3 is 0 Å². The van der Waals surface area contributed by atoms with Crippen molar-refractivity contribution < 1.29 is 9.50 Å². The van der Waals surface area contributed by atoms with Gasteiger partial charge < -0.3 is 5.11 Å². The van der Waals surface area contributed by atoms with Gasteiger partial charge in [0.25, 0.3) is 0 Å². The molecule has 0 bridgehead atoms. The van der Waals surface area contributed by atoms with E-state index < -0.39 is 0 Å². The Kier molecular flexibility index (Phi) is 3.03. The zero-order valence-electron chi connectivity index (χ0n) is 8.91. The molecule has 82 valence electrons. The van der Waals surface area contributed by atoms with Crippen LogP contribution in [0.1, 0.15) is 11.1 Å². The number of hydrogen-bond donors (Lipinski definition) is 1. The maximum absolute atomic E-state index is 13.0. The van der Waals surface area contributed by atoms with E-state index >= 15 is 0 Å². The summed E-state index contributed by atoms with van der Waals surface area (Å²) >= 11 is 0. The van der Waals surface area contributed by atoms with Gasteiger partial charge in [0.05, 0.1) is 0 Å². The summed E-state index contributed by atoms with van der Waals surface area (Å²) in [5.74, 6) is 0.244. The van der Waals surface area contributed by atoms with Crippen LogP contribution < -0.4 is 0 Å². The second-order valence-electron chi connectivity index (χ2n) is 4.31. The van der Waals surface area contributed by atoms with Gasteiger partial charge in [-0.05, 0) is 30.2 Å². The lowest BCUT2D eigenvalue weighted by molar-refractivity contribution is 0.0477. The molecule has 0 aliphatic carbocycles. The minimum absolute atomic E-state index is 0.171. The molecule has 3 heteroatoms. The van der Waals surface area contributed by atoms with Crippen LogP contribution in [-0.4, -0.2) is 29.7 Å². The van der Waals surface area contributed by atoms with Gasteiger partial charge in [0.1, 0.15) is 5.82 Å². The second kappa shape index (κ2) is 4.29. The van der Waals surface area contributed by atoms with Crippen molar-refractivity contribution in [3.05, 3.63) is 35.1 Å². The molecule has 0 radical (unpaired) electrons. The Morgan fingerprint density at radius 3 is 2.87 bits per heavy atom. The number of halogens is 1. The fourth-order valence-electron chi connectivity index (χ4n) is 1.97. The summed E-state index contributed by atoms with van der Waals surface area (Å²) in [6.07, 6.45) is 0. The van der Waals surface area contributed by atoms with Crippen LogP contribution in [0.3, 0.4) is 0 Å². The molecule has 1 N–H and O–H groups in total. The molecule has 0 saturated carbocycles. The highest BCUT2D eigenvalue weighted by atomic mass is 19.1. The first-order chi connectivity index (χ1) is 7.19. The quantitative estimate of drug-likeness (QED) is 0.816. The van der Waals surface area contributed by atoms with Gasteiger partial charge in [0.15, 0.2) is 0 Å². The van der Waals surface area contributed by atoms with Crippen LogP contribution >= 0.6 is 0 Å². The van der Waals surface area contributed by atoms with Crippen LogP contribution in [0.15, 0.2) is 18.2 Å². The lowest BCUT2D eigenvalue weighted by atomic mass is 9.99. The van der Waals surface area contributed by atoms with Crippen molar-refractivity contribution in [3.8, 4) is 0 Å². The van der Waals surface area contributed by atoms with Crippen LogP contribution in [0, 0.1) is 18.7 Å². The predicted molar refractivity (Wildman–Crippen MR) is 57.0 cm³/mol. The molecule has 0 amide bonds. The average Bonchev–Trinajstić information content (AvgIpc) is 2.16. The minimum Gasteiger partial charge on any atom is -0.396 e. The Balaban J connectivity index is 1.97. The molecule has 0 unspecified atom stereocenters. The summed E-state index contributed by atoms with van der Waals surface area (Å²) in [5.41, 5.74) is 2.18. The molecule has 2 nitrogen and oxygen atoms in total. The summed E-state index contributed by atoms with van der Waals surface area (Å²) in [6.45, 7) is 4.90. The molecule has 1 aromatic rings. The Labute approximate surface area is 89.3 Å². The lowest BCUT2D eigenvalue weighted by Gasteiger charge is -2.38. The molecule has 1 heterocycles. The van der Waals surface area contributed by atoms with Gasteiger partial charge in [0.2, 0.25) is 0 Å². The topological polar surface area (TPSA) is 23.5 Å². The monoisotopic (exact) mass is 209 g/mol. The van der Waals surface area contributed by atoms with Crippen molar-refractivity contribution >= 4 is 0 Å². The molecule has 15 heavy (non-hydrogen) atoms. The van der Waals surface area contributed by atoms with Crippen LogP contribution in [0.25, 0.3) is 0 Å². The number of rotatable bonds is 3. The standard InChI is InChI=1S/C12H16FNO/c1-9-2-3-12(13)4-11(9)7-14-5-10(6-14)8-15/h2-4,10,15H,5-8H2,1H3. The van der Waals surface area contributed by atoms with Crippen molar-refractivity contribution in [1.82, 2.24) is 4.90 Å². The zero-order valence-corrected chi connectivity index (χ0v) is 8.91. The Bertz CT molecular complexity index is 347.